The molecule has 5 atom stereocenters. The van der Waals surface area contributed by atoms with Crippen molar-refractivity contribution in [2.75, 3.05) is 6.61 Å². The highest BCUT2D eigenvalue weighted by atomic mass is 16.6. The van der Waals surface area contributed by atoms with Crippen LogP contribution in [0, 0.1) is 0 Å². The minimum atomic E-state index is -1.31. The van der Waals surface area contributed by atoms with E-state index in [1.807, 2.05) is 91.0 Å². The molecule has 0 bridgehead atoms. The fourth-order valence-electron chi connectivity index (χ4n) is 5.38. The molecule has 0 aromatic heterocycles. The van der Waals surface area contributed by atoms with Crippen molar-refractivity contribution in [2.24, 2.45) is 0 Å². The van der Waals surface area contributed by atoms with Crippen LogP contribution in [0.3, 0.4) is 0 Å². The molecule has 0 aliphatic carbocycles. The number of rotatable bonds is 15. The molecule has 0 saturated carbocycles. The average molecular weight is 705 g/mol. The summed E-state index contributed by atoms with van der Waals surface area (Å²) in [6.07, 6.45) is -3.49. The highest BCUT2D eigenvalue weighted by Crippen LogP contribution is 2.27. The van der Waals surface area contributed by atoms with Crippen LogP contribution in [0.1, 0.15) is 71.1 Å². The van der Waals surface area contributed by atoms with Gasteiger partial charge in [-0.2, -0.15) is 0 Å². The Morgan fingerprint density at radius 2 is 1.24 bits per heavy atom. The second-order valence-electron chi connectivity index (χ2n) is 14.5. The first kappa shape index (κ1) is 39.5. The quantitative estimate of drug-likeness (QED) is 0.177. The summed E-state index contributed by atoms with van der Waals surface area (Å²) in [6.45, 7) is 11.4. The van der Waals surface area contributed by atoms with E-state index in [2.05, 4.69) is 10.6 Å². The van der Waals surface area contributed by atoms with Gasteiger partial charge >= 0.3 is 12.1 Å². The van der Waals surface area contributed by atoms with E-state index in [0.717, 1.165) is 16.7 Å². The van der Waals surface area contributed by atoms with Gasteiger partial charge in [-0.15, -0.1) is 0 Å². The van der Waals surface area contributed by atoms with Gasteiger partial charge in [0.2, 0.25) is 5.91 Å². The van der Waals surface area contributed by atoms with Crippen molar-refractivity contribution >= 4 is 18.0 Å². The minimum absolute atomic E-state index is 0.159. The molecule has 11 nitrogen and oxygen atoms in total. The number of hydrogen-bond donors (Lipinski definition) is 2. The van der Waals surface area contributed by atoms with Crippen molar-refractivity contribution in [2.45, 2.75) is 116 Å². The molecule has 51 heavy (non-hydrogen) atoms. The Morgan fingerprint density at radius 3 is 1.76 bits per heavy atom. The molecule has 3 aromatic carbocycles. The van der Waals surface area contributed by atoms with Gasteiger partial charge < -0.3 is 39.1 Å². The lowest BCUT2D eigenvalue weighted by molar-refractivity contribution is -0.225. The van der Waals surface area contributed by atoms with Gasteiger partial charge in [0.1, 0.15) is 35.7 Å². The van der Waals surface area contributed by atoms with Crippen LogP contribution in [0.5, 0.6) is 0 Å². The second-order valence-corrected chi connectivity index (χ2v) is 14.5. The first-order valence-corrected chi connectivity index (χ1v) is 17.3. The summed E-state index contributed by atoms with van der Waals surface area (Å²) in [6, 6.07) is 28.1. The van der Waals surface area contributed by atoms with Gasteiger partial charge in [-0.1, -0.05) is 91.0 Å². The van der Waals surface area contributed by atoms with Gasteiger partial charge in [-0.05, 0) is 58.2 Å². The van der Waals surface area contributed by atoms with Crippen LogP contribution in [0.15, 0.2) is 91.0 Å². The molecule has 276 valence electrons. The summed E-state index contributed by atoms with van der Waals surface area (Å²) in [7, 11) is 0. The number of carbonyl (C=O) groups excluding carboxylic acids is 3. The third kappa shape index (κ3) is 14.5. The maximum Gasteiger partial charge on any atom is 0.408 e. The van der Waals surface area contributed by atoms with E-state index in [0.29, 0.717) is 19.8 Å². The lowest BCUT2D eigenvalue weighted by Crippen LogP contribution is -2.57. The largest absolute Gasteiger partial charge is 0.458 e. The third-order valence-electron chi connectivity index (χ3n) is 7.60. The van der Waals surface area contributed by atoms with E-state index < -0.39 is 66.2 Å². The Labute approximate surface area is 301 Å². The molecule has 1 aliphatic heterocycles. The van der Waals surface area contributed by atoms with Crippen LogP contribution in [-0.4, -0.2) is 66.4 Å². The topological polar surface area (TPSA) is 131 Å². The van der Waals surface area contributed by atoms with E-state index in [1.165, 1.54) is 0 Å². The molecular weight excluding hydrogens is 652 g/mol. The maximum absolute atomic E-state index is 13.5. The number of benzene rings is 3. The van der Waals surface area contributed by atoms with Gasteiger partial charge in [-0.3, -0.25) is 4.79 Å². The van der Waals surface area contributed by atoms with Crippen molar-refractivity contribution in [3.8, 4) is 0 Å². The molecule has 4 rings (SSSR count). The summed E-state index contributed by atoms with van der Waals surface area (Å²) in [5.41, 5.74) is 1.31. The number of amides is 2. The van der Waals surface area contributed by atoms with Crippen LogP contribution in [-0.2, 0) is 57.8 Å². The SMILES string of the molecule is CC(C)(C)OC(=O)N[C@@H](CC(=O)N[C@H]1C[C@@H](OCc2ccccc2)[C@@H](OCc2ccccc2)[C@@H](COCc2ccccc2)O1)C(=O)OC(C)(C)C. The first-order chi connectivity index (χ1) is 24.2. The Morgan fingerprint density at radius 1 is 0.725 bits per heavy atom. The van der Waals surface area contributed by atoms with Gasteiger partial charge in [-0.25, -0.2) is 9.59 Å². The van der Waals surface area contributed by atoms with Crippen molar-refractivity contribution in [1.29, 1.82) is 0 Å². The Kier molecular flexibility index (Phi) is 14.6. The molecule has 2 N–H and O–H groups in total. The average Bonchev–Trinajstić information content (AvgIpc) is 3.06. The lowest BCUT2D eigenvalue weighted by atomic mass is 9.99. The molecule has 1 aliphatic rings. The molecule has 11 heteroatoms. The Bertz CT molecular complexity index is 1510. The zero-order valence-corrected chi connectivity index (χ0v) is 30.5. The van der Waals surface area contributed by atoms with Gasteiger partial charge in [0.05, 0.1) is 39.0 Å². The van der Waals surface area contributed by atoms with Crippen LogP contribution in [0.4, 0.5) is 4.79 Å². The van der Waals surface area contributed by atoms with Crippen LogP contribution >= 0.6 is 0 Å². The number of ether oxygens (including phenoxy) is 6. The predicted octanol–water partition coefficient (Wildman–Crippen LogP) is 6.23. The second kappa shape index (κ2) is 18.8. The smallest absolute Gasteiger partial charge is 0.408 e. The zero-order chi connectivity index (χ0) is 36.9. The van der Waals surface area contributed by atoms with E-state index in [4.69, 9.17) is 28.4 Å². The summed E-state index contributed by atoms with van der Waals surface area (Å²) in [5, 5.41) is 5.40. The number of hydrogen-bond acceptors (Lipinski definition) is 9. The molecule has 0 unspecified atom stereocenters. The summed E-state index contributed by atoms with van der Waals surface area (Å²) in [5.74, 6) is -1.31. The van der Waals surface area contributed by atoms with Crippen LogP contribution in [0.25, 0.3) is 0 Å². The Balaban J connectivity index is 1.52. The summed E-state index contributed by atoms with van der Waals surface area (Å²) in [4.78, 5) is 39.3. The van der Waals surface area contributed by atoms with Crippen molar-refractivity contribution in [3.63, 3.8) is 0 Å². The fourth-order valence-corrected chi connectivity index (χ4v) is 5.38. The van der Waals surface area contributed by atoms with E-state index in [1.54, 1.807) is 41.5 Å². The Hall–Kier alpha value is -4.29. The lowest BCUT2D eigenvalue weighted by Gasteiger charge is -2.41. The molecule has 0 radical (unpaired) electrons. The third-order valence-corrected chi connectivity index (χ3v) is 7.60. The molecule has 1 fully saturated rings. The molecule has 1 saturated heterocycles. The minimum Gasteiger partial charge on any atom is -0.458 e. The van der Waals surface area contributed by atoms with Crippen molar-refractivity contribution in [3.05, 3.63) is 108 Å². The highest BCUT2D eigenvalue weighted by molar-refractivity contribution is 5.88. The number of alkyl carbamates (subject to hydrolysis) is 1. The molecule has 3 aromatic rings. The van der Waals surface area contributed by atoms with Gasteiger partial charge in [0.25, 0.3) is 0 Å². The zero-order valence-electron chi connectivity index (χ0n) is 30.5. The number of carbonyl (C=O) groups is 3. The van der Waals surface area contributed by atoms with Crippen molar-refractivity contribution < 1.29 is 42.8 Å². The van der Waals surface area contributed by atoms with Crippen LogP contribution < -0.4 is 10.6 Å². The normalized spacial score (nSPS) is 19.8. The van der Waals surface area contributed by atoms with Crippen LogP contribution in [0.2, 0.25) is 0 Å². The van der Waals surface area contributed by atoms with Gasteiger partial charge in [0, 0.05) is 6.42 Å². The van der Waals surface area contributed by atoms with E-state index in [-0.39, 0.29) is 13.0 Å². The van der Waals surface area contributed by atoms with Crippen molar-refractivity contribution in [1.82, 2.24) is 10.6 Å². The van der Waals surface area contributed by atoms with Gasteiger partial charge in [0.15, 0.2) is 0 Å². The summed E-state index contributed by atoms with van der Waals surface area (Å²) >= 11 is 0. The fraction of sp³-hybridized carbons (Fsp3) is 0.475. The monoisotopic (exact) mass is 704 g/mol. The number of nitrogens with one attached hydrogen (secondary N) is 2. The number of esters is 1. The standard InChI is InChI=1S/C40H52N2O9/c1-39(2,3)50-37(44)31(41-38(45)51-40(4,5)6)22-34(43)42-35-23-32(47-25-29-18-12-8-13-19-29)36(48-26-30-20-14-9-15-21-30)33(49-35)27-46-24-28-16-10-7-11-17-28/h7-21,31-33,35-36H,22-27H2,1-6H3,(H,41,45)(H,42,43)/t31-,32+,33+,35+,36+/m0/s1. The first-order valence-electron chi connectivity index (χ1n) is 17.3. The van der Waals surface area contributed by atoms with E-state index in [9.17, 15) is 14.4 Å². The van der Waals surface area contributed by atoms with E-state index >= 15 is 0 Å². The highest BCUT2D eigenvalue weighted by Gasteiger charge is 2.42. The predicted molar refractivity (Wildman–Crippen MR) is 191 cm³/mol. The maximum atomic E-state index is 13.5. The molecule has 2 amide bonds. The summed E-state index contributed by atoms with van der Waals surface area (Å²) < 4.78 is 36.4. The molecule has 1 heterocycles. The molecule has 0 spiro atoms. The molecular formula is C40H52N2O9.